The predicted octanol–water partition coefficient (Wildman–Crippen LogP) is 0.148. The van der Waals surface area contributed by atoms with Gasteiger partial charge in [0.25, 0.3) is 0 Å². The summed E-state index contributed by atoms with van der Waals surface area (Å²) in [6.07, 6.45) is 2.08. The van der Waals surface area contributed by atoms with E-state index in [1.165, 1.54) is 11.1 Å². The standard InChI is InChI=1S/C10H11N5O2/c11-5-8-6-12-7-9(13-8)14-1-3-15(4-2-14)10(16)17/h6-7H,1-4H2,(H,16,17). The third-order valence-corrected chi connectivity index (χ3v) is 2.61. The Balaban J connectivity index is 2.05. The van der Waals surface area contributed by atoms with Gasteiger partial charge in [-0.25, -0.2) is 9.78 Å². The van der Waals surface area contributed by atoms with Crippen molar-refractivity contribution in [3.05, 3.63) is 18.1 Å². The van der Waals surface area contributed by atoms with Gasteiger partial charge in [0.1, 0.15) is 11.9 Å². The molecule has 88 valence electrons. The fraction of sp³-hybridized carbons (Fsp3) is 0.400. The van der Waals surface area contributed by atoms with E-state index in [0.29, 0.717) is 32.0 Å². The van der Waals surface area contributed by atoms with Crippen molar-refractivity contribution in [2.45, 2.75) is 0 Å². The van der Waals surface area contributed by atoms with E-state index in [1.54, 1.807) is 6.20 Å². The zero-order chi connectivity index (χ0) is 12.3. The van der Waals surface area contributed by atoms with Gasteiger partial charge in [0.2, 0.25) is 0 Å². The molecular formula is C10H11N5O2. The minimum Gasteiger partial charge on any atom is -0.465 e. The molecule has 17 heavy (non-hydrogen) atoms. The second-order valence-electron chi connectivity index (χ2n) is 3.63. The summed E-state index contributed by atoms with van der Waals surface area (Å²) in [6.45, 7) is 2.01. The molecule has 0 bridgehead atoms. The highest BCUT2D eigenvalue weighted by Gasteiger charge is 2.21. The maximum Gasteiger partial charge on any atom is 0.407 e. The molecule has 0 unspecified atom stereocenters. The molecule has 0 saturated carbocycles. The van der Waals surface area contributed by atoms with E-state index >= 15 is 0 Å². The van der Waals surface area contributed by atoms with Gasteiger partial charge >= 0.3 is 6.09 Å². The minimum atomic E-state index is -0.901. The van der Waals surface area contributed by atoms with Crippen molar-refractivity contribution >= 4 is 11.9 Å². The first-order chi connectivity index (χ1) is 8.20. The molecule has 0 radical (unpaired) electrons. The summed E-state index contributed by atoms with van der Waals surface area (Å²) in [5.41, 5.74) is 0.267. The summed E-state index contributed by atoms with van der Waals surface area (Å²) in [4.78, 5) is 22.1. The predicted molar refractivity (Wildman–Crippen MR) is 58.6 cm³/mol. The average Bonchev–Trinajstić information content (AvgIpc) is 2.39. The molecule has 1 fully saturated rings. The molecule has 7 nitrogen and oxygen atoms in total. The van der Waals surface area contributed by atoms with E-state index in [1.807, 2.05) is 11.0 Å². The molecule has 1 aromatic rings. The third kappa shape index (κ3) is 2.42. The van der Waals surface area contributed by atoms with E-state index in [2.05, 4.69) is 9.97 Å². The number of amides is 1. The van der Waals surface area contributed by atoms with Crippen molar-refractivity contribution in [3.8, 4) is 6.07 Å². The number of nitrogens with zero attached hydrogens (tertiary/aromatic N) is 5. The summed E-state index contributed by atoms with van der Waals surface area (Å²) in [6, 6.07) is 1.93. The van der Waals surface area contributed by atoms with Crippen LogP contribution in [0.4, 0.5) is 10.6 Å². The third-order valence-electron chi connectivity index (χ3n) is 2.61. The van der Waals surface area contributed by atoms with Gasteiger partial charge < -0.3 is 14.9 Å². The molecule has 1 saturated heterocycles. The van der Waals surface area contributed by atoms with Crippen LogP contribution in [0.15, 0.2) is 12.4 Å². The SMILES string of the molecule is N#Cc1cncc(N2CCN(C(=O)O)CC2)n1. The first-order valence-corrected chi connectivity index (χ1v) is 5.15. The quantitative estimate of drug-likeness (QED) is 0.742. The summed E-state index contributed by atoms with van der Waals surface area (Å²) in [7, 11) is 0. The number of hydrogen-bond donors (Lipinski definition) is 1. The molecule has 1 aliphatic rings. The zero-order valence-electron chi connectivity index (χ0n) is 9.07. The van der Waals surface area contributed by atoms with E-state index in [0.717, 1.165) is 0 Å². The highest BCUT2D eigenvalue weighted by Crippen LogP contribution is 2.12. The van der Waals surface area contributed by atoms with E-state index in [4.69, 9.17) is 10.4 Å². The Morgan fingerprint density at radius 1 is 1.35 bits per heavy atom. The zero-order valence-corrected chi connectivity index (χ0v) is 9.07. The van der Waals surface area contributed by atoms with Gasteiger partial charge in [-0.15, -0.1) is 0 Å². The number of piperazine rings is 1. The lowest BCUT2D eigenvalue weighted by molar-refractivity contribution is 0.142. The maximum atomic E-state index is 10.7. The fourth-order valence-corrected chi connectivity index (χ4v) is 1.69. The number of anilines is 1. The van der Waals surface area contributed by atoms with Gasteiger partial charge in [-0.05, 0) is 0 Å². The molecule has 1 aliphatic heterocycles. The molecule has 0 aromatic carbocycles. The van der Waals surface area contributed by atoms with E-state index in [-0.39, 0.29) is 5.69 Å². The summed E-state index contributed by atoms with van der Waals surface area (Å²) >= 11 is 0. The van der Waals surface area contributed by atoms with Crippen LogP contribution in [0.5, 0.6) is 0 Å². The van der Waals surface area contributed by atoms with Crippen molar-refractivity contribution in [2.75, 3.05) is 31.1 Å². The molecule has 1 amide bonds. The Morgan fingerprint density at radius 3 is 2.65 bits per heavy atom. The van der Waals surface area contributed by atoms with Crippen molar-refractivity contribution < 1.29 is 9.90 Å². The average molecular weight is 233 g/mol. The Bertz CT molecular complexity index is 462. The van der Waals surface area contributed by atoms with Gasteiger partial charge in [-0.2, -0.15) is 5.26 Å². The topological polar surface area (TPSA) is 93.4 Å². The Hall–Kier alpha value is -2.36. The number of aromatic nitrogens is 2. The fourth-order valence-electron chi connectivity index (χ4n) is 1.69. The number of nitriles is 1. The van der Waals surface area contributed by atoms with Crippen molar-refractivity contribution in [1.82, 2.24) is 14.9 Å². The van der Waals surface area contributed by atoms with Crippen LogP contribution in [0.1, 0.15) is 5.69 Å². The van der Waals surface area contributed by atoms with Crippen LogP contribution in [0.2, 0.25) is 0 Å². The van der Waals surface area contributed by atoms with Crippen LogP contribution in [0, 0.1) is 11.3 Å². The normalized spacial score (nSPS) is 15.5. The minimum absolute atomic E-state index is 0.267. The summed E-state index contributed by atoms with van der Waals surface area (Å²) in [5, 5.41) is 17.5. The molecular weight excluding hydrogens is 222 g/mol. The first-order valence-electron chi connectivity index (χ1n) is 5.15. The molecule has 0 aliphatic carbocycles. The van der Waals surface area contributed by atoms with Gasteiger partial charge in [0, 0.05) is 26.2 Å². The van der Waals surface area contributed by atoms with Crippen LogP contribution in [0.3, 0.4) is 0 Å². The molecule has 1 N–H and O–H groups in total. The van der Waals surface area contributed by atoms with Crippen LogP contribution in [-0.4, -0.2) is 52.2 Å². The number of hydrogen-bond acceptors (Lipinski definition) is 5. The number of carbonyl (C=O) groups is 1. The lowest BCUT2D eigenvalue weighted by Crippen LogP contribution is -2.48. The van der Waals surface area contributed by atoms with Gasteiger partial charge in [0.05, 0.1) is 12.4 Å². The molecule has 0 atom stereocenters. The second-order valence-corrected chi connectivity index (χ2v) is 3.63. The maximum absolute atomic E-state index is 10.7. The van der Waals surface area contributed by atoms with Crippen LogP contribution in [0.25, 0.3) is 0 Å². The van der Waals surface area contributed by atoms with Gasteiger partial charge in [-0.3, -0.25) is 4.98 Å². The smallest absolute Gasteiger partial charge is 0.407 e. The number of carboxylic acid groups (broad SMARTS) is 1. The van der Waals surface area contributed by atoms with Crippen molar-refractivity contribution in [2.24, 2.45) is 0 Å². The largest absolute Gasteiger partial charge is 0.465 e. The summed E-state index contributed by atoms with van der Waals surface area (Å²) in [5.74, 6) is 0.620. The lowest BCUT2D eigenvalue weighted by Gasteiger charge is -2.33. The highest BCUT2D eigenvalue weighted by atomic mass is 16.4. The monoisotopic (exact) mass is 233 g/mol. The Morgan fingerprint density at radius 2 is 2.06 bits per heavy atom. The molecule has 7 heteroatoms. The first kappa shape index (κ1) is 11.1. The molecule has 2 rings (SSSR count). The van der Waals surface area contributed by atoms with E-state index in [9.17, 15) is 4.79 Å². The van der Waals surface area contributed by atoms with Crippen LogP contribution < -0.4 is 4.90 Å². The Labute approximate surface area is 97.9 Å². The number of rotatable bonds is 1. The van der Waals surface area contributed by atoms with Gasteiger partial charge in [-0.1, -0.05) is 0 Å². The molecule has 0 spiro atoms. The molecule has 1 aromatic heterocycles. The van der Waals surface area contributed by atoms with Crippen LogP contribution >= 0.6 is 0 Å². The van der Waals surface area contributed by atoms with E-state index < -0.39 is 6.09 Å². The lowest BCUT2D eigenvalue weighted by atomic mass is 10.3. The van der Waals surface area contributed by atoms with Crippen molar-refractivity contribution in [3.63, 3.8) is 0 Å². The molecule has 2 heterocycles. The van der Waals surface area contributed by atoms with Crippen LogP contribution in [-0.2, 0) is 0 Å². The second kappa shape index (κ2) is 4.65. The van der Waals surface area contributed by atoms with Crippen molar-refractivity contribution in [1.29, 1.82) is 5.26 Å². The Kier molecular flexibility index (Phi) is 3.05. The highest BCUT2D eigenvalue weighted by molar-refractivity contribution is 5.65. The summed E-state index contributed by atoms with van der Waals surface area (Å²) < 4.78 is 0. The van der Waals surface area contributed by atoms with Gasteiger partial charge in [0.15, 0.2) is 5.69 Å².